The van der Waals surface area contributed by atoms with Crippen molar-refractivity contribution in [2.45, 2.75) is 19.3 Å². The van der Waals surface area contributed by atoms with Crippen LogP contribution in [0.15, 0.2) is 109 Å². The molecule has 0 aliphatic heterocycles. The molecule has 0 spiro atoms. The van der Waals surface area contributed by atoms with Crippen LogP contribution in [-0.4, -0.2) is 46.4 Å². The molecule has 0 unspecified atom stereocenters. The maximum atomic E-state index is 14.0. The lowest BCUT2D eigenvalue weighted by Gasteiger charge is -2.42. The van der Waals surface area contributed by atoms with E-state index in [0.717, 1.165) is 77.6 Å². The zero-order valence-corrected chi connectivity index (χ0v) is 27.3. The summed E-state index contributed by atoms with van der Waals surface area (Å²) >= 11 is 0. The molecule has 0 bridgehead atoms. The maximum Gasteiger partial charge on any atom is 0.193 e. The molecule has 1 aliphatic carbocycles. The molecule has 0 radical (unpaired) electrons. The average Bonchev–Trinajstić information content (AvgIpc) is 3.11. The van der Waals surface area contributed by atoms with E-state index in [4.69, 9.17) is 18.9 Å². The van der Waals surface area contributed by atoms with Crippen molar-refractivity contribution < 1.29 is 23.7 Å². The molecule has 6 aromatic rings. The van der Waals surface area contributed by atoms with Gasteiger partial charge in [-0.05, 0) is 93.0 Å². The van der Waals surface area contributed by atoms with E-state index < -0.39 is 5.41 Å². The molecule has 0 amide bonds. The number of carbonyl (C=O) groups is 1. The first-order valence-corrected chi connectivity index (χ1v) is 16.0. The van der Waals surface area contributed by atoms with Crippen molar-refractivity contribution in [3.8, 4) is 11.5 Å². The van der Waals surface area contributed by atoms with Gasteiger partial charge in [0.15, 0.2) is 5.78 Å². The van der Waals surface area contributed by atoms with Crippen molar-refractivity contribution in [1.29, 1.82) is 0 Å². The Kier molecular flexibility index (Phi) is 8.27. The van der Waals surface area contributed by atoms with Crippen molar-refractivity contribution in [2.24, 2.45) is 0 Å². The fourth-order valence-corrected chi connectivity index (χ4v) is 7.27. The summed E-state index contributed by atoms with van der Waals surface area (Å²) < 4.78 is 22.5. The molecule has 5 heteroatoms. The number of hydrogen-bond acceptors (Lipinski definition) is 5. The first-order chi connectivity index (χ1) is 23.0. The summed E-state index contributed by atoms with van der Waals surface area (Å²) in [5.74, 6) is 1.76. The van der Waals surface area contributed by atoms with Gasteiger partial charge in [-0.2, -0.15) is 0 Å². The average molecular weight is 623 g/mol. The first kappa shape index (κ1) is 30.7. The molecule has 7 rings (SSSR count). The van der Waals surface area contributed by atoms with Crippen LogP contribution in [0.1, 0.15) is 49.3 Å². The first-order valence-electron chi connectivity index (χ1n) is 16.0. The molecule has 236 valence electrons. The quantitative estimate of drug-likeness (QED) is 0.143. The number of aryl methyl sites for hydroxylation is 2. The van der Waals surface area contributed by atoms with Crippen LogP contribution in [0.5, 0.6) is 11.5 Å². The van der Waals surface area contributed by atoms with Gasteiger partial charge in [0.1, 0.15) is 24.7 Å². The van der Waals surface area contributed by atoms with Gasteiger partial charge >= 0.3 is 0 Å². The monoisotopic (exact) mass is 622 g/mol. The lowest BCUT2D eigenvalue weighted by Crippen LogP contribution is -2.38. The van der Waals surface area contributed by atoms with Crippen LogP contribution >= 0.6 is 0 Å². The lowest BCUT2D eigenvalue weighted by atomic mass is 9.59. The largest absolute Gasteiger partial charge is 0.491 e. The number of benzene rings is 6. The smallest absolute Gasteiger partial charge is 0.193 e. The molecule has 47 heavy (non-hydrogen) atoms. The number of fused-ring (bicyclic) bond motifs is 4. The summed E-state index contributed by atoms with van der Waals surface area (Å²) in [6.07, 6.45) is 0. The van der Waals surface area contributed by atoms with Crippen molar-refractivity contribution in [3.63, 3.8) is 0 Å². The Bertz CT molecular complexity index is 1980. The van der Waals surface area contributed by atoms with Crippen LogP contribution in [0, 0.1) is 13.8 Å². The van der Waals surface area contributed by atoms with Gasteiger partial charge in [-0.15, -0.1) is 0 Å². The second-order valence-electron chi connectivity index (χ2n) is 12.1. The minimum absolute atomic E-state index is 0.0517. The number of methoxy groups -OCH3 is 2. The number of ketones is 1. The normalized spacial score (nSPS) is 13.4. The van der Waals surface area contributed by atoms with Gasteiger partial charge in [-0.3, -0.25) is 4.79 Å². The van der Waals surface area contributed by atoms with Crippen LogP contribution < -0.4 is 9.47 Å². The molecule has 0 atom stereocenters. The SMILES string of the molecule is COCCOc1ccc2cc(C3(c4ccc5c(C)c(OCCOC)ccc5c4)c4ccccc4C(=O)c4ccccc43)ccc2c1C. The highest BCUT2D eigenvalue weighted by molar-refractivity contribution is 6.14. The van der Waals surface area contributed by atoms with Crippen molar-refractivity contribution in [3.05, 3.63) is 154 Å². The molecular weight excluding hydrogens is 584 g/mol. The van der Waals surface area contributed by atoms with Gasteiger partial charge in [-0.1, -0.05) is 84.9 Å². The van der Waals surface area contributed by atoms with Gasteiger partial charge in [0.05, 0.1) is 18.6 Å². The Labute approximate surface area is 275 Å². The third-order valence-corrected chi connectivity index (χ3v) is 9.59. The Morgan fingerprint density at radius 3 is 1.43 bits per heavy atom. The molecule has 0 fully saturated rings. The fraction of sp³-hybridized carbons (Fsp3) is 0.214. The van der Waals surface area contributed by atoms with Crippen LogP contribution in [0.4, 0.5) is 0 Å². The number of rotatable bonds is 10. The maximum absolute atomic E-state index is 14.0. The summed E-state index contributed by atoms with van der Waals surface area (Å²) in [5, 5.41) is 4.48. The summed E-state index contributed by atoms with van der Waals surface area (Å²) in [6.45, 7) is 6.25. The standard InChI is InChI=1S/C42H38O5/c1-27-33-17-15-31(25-29(33)13-19-39(27)46-23-21-44-3)42(37-11-7-5-9-35(37)41(43)36-10-6-8-12-38(36)42)32-16-18-34-28(2)40(47-24-22-45-4)20-14-30(34)26-32/h5-20,25-26H,21-24H2,1-4H3. The van der Waals surface area contributed by atoms with Crippen LogP contribution in [0.3, 0.4) is 0 Å². The predicted octanol–water partition coefficient (Wildman–Crippen LogP) is 8.59. The van der Waals surface area contributed by atoms with Gasteiger partial charge in [0, 0.05) is 25.3 Å². The van der Waals surface area contributed by atoms with E-state index in [-0.39, 0.29) is 5.78 Å². The highest BCUT2D eigenvalue weighted by atomic mass is 16.5. The van der Waals surface area contributed by atoms with Crippen LogP contribution in [0.25, 0.3) is 21.5 Å². The number of carbonyl (C=O) groups excluding carboxylic acids is 1. The van der Waals surface area contributed by atoms with E-state index in [1.54, 1.807) is 14.2 Å². The lowest BCUT2D eigenvalue weighted by molar-refractivity contribution is 0.103. The number of ether oxygens (including phenoxy) is 4. The Hall–Kier alpha value is -4.97. The van der Waals surface area contributed by atoms with Gasteiger partial charge in [0.25, 0.3) is 0 Å². The van der Waals surface area contributed by atoms with E-state index in [1.165, 1.54) is 0 Å². The molecule has 0 saturated carbocycles. The summed E-state index contributed by atoms with van der Waals surface area (Å²) in [7, 11) is 3.35. The van der Waals surface area contributed by atoms with E-state index in [0.29, 0.717) is 26.4 Å². The zero-order chi connectivity index (χ0) is 32.5. The predicted molar refractivity (Wildman–Crippen MR) is 187 cm³/mol. The highest BCUT2D eigenvalue weighted by Crippen LogP contribution is 2.52. The van der Waals surface area contributed by atoms with Crippen molar-refractivity contribution in [2.75, 3.05) is 40.6 Å². The van der Waals surface area contributed by atoms with Gasteiger partial charge in [-0.25, -0.2) is 0 Å². The topological polar surface area (TPSA) is 54.0 Å². The minimum atomic E-state index is -0.743. The van der Waals surface area contributed by atoms with E-state index >= 15 is 0 Å². The molecule has 0 heterocycles. The van der Waals surface area contributed by atoms with E-state index in [9.17, 15) is 4.79 Å². The Balaban J connectivity index is 1.48. The summed E-state index contributed by atoms with van der Waals surface area (Å²) in [6, 6.07) is 37.9. The second kappa shape index (κ2) is 12.7. The second-order valence-corrected chi connectivity index (χ2v) is 12.1. The fourth-order valence-electron chi connectivity index (χ4n) is 7.27. The summed E-state index contributed by atoms with van der Waals surface area (Å²) in [4.78, 5) is 14.0. The third kappa shape index (κ3) is 5.07. The van der Waals surface area contributed by atoms with Crippen LogP contribution in [0.2, 0.25) is 0 Å². The third-order valence-electron chi connectivity index (χ3n) is 9.59. The Morgan fingerprint density at radius 2 is 0.979 bits per heavy atom. The molecule has 5 nitrogen and oxygen atoms in total. The van der Waals surface area contributed by atoms with E-state index in [1.807, 2.05) is 48.5 Å². The van der Waals surface area contributed by atoms with Crippen molar-refractivity contribution in [1.82, 2.24) is 0 Å². The molecule has 6 aromatic carbocycles. The van der Waals surface area contributed by atoms with Gasteiger partial charge in [0.2, 0.25) is 0 Å². The van der Waals surface area contributed by atoms with Crippen molar-refractivity contribution >= 4 is 27.3 Å². The van der Waals surface area contributed by atoms with Gasteiger partial charge < -0.3 is 18.9 Å². The molecule has 0 N–H and O–H groups in total. The van der Waals surface area contributed by atoms with E-state index in [2.05, 4.69) is 74.5 Å². The highest BCUT2D eigenvalue weighted by Gasteiger charge is 2.46. The van der Waals surface area contributed by atoms with Crippen LogP contribution in [-0.2, 0) is 14.9 Å². The minimum Gasteiger partial charge on any atom is -0.491 e. The molecule has 0 saturated heterocycles. The molecule has 0 aromatic heterocycles. The Morgan fingerprint density at radius 1 is 0.532 bits per heavy atom. The number of hydrogen-bond donors (Lipinski definition) is 0. The zero-order valence-electron chi connectivity index (χ0n) is 27.3. The molecular formula is C42H38O5. The summed E-state index contributed by atoms with van der Waals surface area (Å²) in [5.41, 5.74) is 7.04. The molecule has 1 aliphatic rings.